The number of carbonyl (C=O) groups is 7. The van der Waals surface area contributed by atoms with E-state index in [1.54, 1.807) is 21.4 Å². The standard InChI is InChI=1S/C50H61N9O8/c1-56-41-28-33(16-19-38(41)59(50(56)67)40-21-23-43(61)54-48(40)65)34-26-30(27-34)10-8-9-15-44(62)57-25-24-35-17-20-39(58(35)49(66)36(51)29-57)47(64)53-37(18-22-42(52)60)46(63)55-45(31-11-4-2-5-12-31)32-13-6-3-7-14-32/h2-7,11-14,16,19,28,30,34-37,39-40,45H,8-10,15,17-18,20-27,29,51H2,1H3,(H2,52,60)(H,53,64)(H,55,63)(H,54,61,65)/t30?,34?,35-,36+,37+,39+,40?/m1/s1. The summed E-state index contributed by atoms with van der Waals surface area (Å²) in [5.41, 5.74) is 15.9. The lowest BCUT2D eigenvalue weighted by molar-refractivity contribution is -0.145. The number of imidazole rings is 1. The molecule has 1 unspecified atom stereocenters. The van der Waals surface area contributed by atoms with E-state index < -0.39 is 59.7 Å². The van der Waals surface area contributed by atoms with Gasteiger partial charge >= 0.3 is 5.69 Å². The minimum absolute atomic E-state index is 0.0294. The average Bonchev–Trinajstić information content (AvgIpc) is 3.84. The average molecular weight is 916 g/mol. The van der Waals surface area contributed by atoms with Crippen LogP contribution in [0.15, 0.2) is 83.7 Å². The molecule has 4 fully saturated rings. The summed E-state index contributed by atoms with van der Waals surface area (Å²) in [6.07, 6.45) is 6.62. The minimum Gasteiger partial charge on any atom is -0.370 e. The molecule has 17 nitrogen and oxygen atoms in total. The monoisotopic (exact) mass is 915 g/mol. The van der Waals surface area contributed by atoms with Gasteiger partial charge in [-0.15, -0.1) is 0 Å². The van der Waals surface area contributed by atoms with Crippen LogP contribution >= 0.6 is 0 Å². The first-order valence-corrected chi connectivity index (χ1v) is 23.7. The maximum atomic E-state index is 14.0. The highest BCUT2D eigenvalue weighted by Crippen LogP contribution is 2.45. The van der Waals surface area contributed by atoms with E-state index in [9.17, 15) is 38.4 Å². The number of rotatable bonds is 16. The summed E-state index contributed by atoms with van der Waals surface area (Å²) in [5.74, 6) is -1.99. The topological polar surface area (TPSA) is 241 Å². The van der Waals surface area contributed by atoms with Crippen LogP contribution in [-0.4, -0.2) is 97.5 Å². The number of hydrogen-bond donors (Lipinski definition) is 5. The second-order valence-electron chi connectivity index (χ2n) is 18.8. The van der Waals surface area contributed by atoms with Gasteiger partial charge in [0.2, 0.25) is 41.4 Å². The third-order valence-electron chi connectivity index (χ3n) is 14.3. The first kappa shape index (κ1) is 46.9. The number of piperidine rings is 1. The number of amides is 7. The van der Waals surface area contributed by atoms with E-state index in [1.807, 2.05) is 78.9 Å². The van der Waals surface area contributed by atoms with Crippen molar-refractivity contribution in [2.45, 2.75) is 126 Å². The van der Waals surface area contributed by atoms with Crippen molar-refractivity contribution in [1.82, 2.24) is 34.9 Å². The van der Waals surface area contributed by atoms with Gasteiger partial charge in [-0.05, 0) is 92.0 Å². The maximum absolute atomic E-state index is 14.0. The van der Waals surface area contributed by atoms with E-state index in [2.05, 4.69) is 16.0 Å². The number of unbranched alkanes of at least 4 members (excludes halogenated alkanes) is 1. The van der Waals surface area contributed by atoms with E-state index in [1.165, 1.54) is 4.57 Å². The number of carbonyl (C=O) groups excluding carboxylic acids is 7. The number of imide groups is 1. The Hall–Kier alpha value is -6.62. The van der Waals surface area contributed by atoms with Crippen LogP contribution in [0.5, 0.6) is 0 Å². The minimum atomic E-state index is -1.10. The van der Waals surface area contributed by atoms with Crippen LogP contribution < -0.4 is 33.1 Å². The molecule has 3 aromatic carbocycles. The number of aryl methyl sites for hydroxylation is 1. The maximum Gasteiger partial charge on any atom is 0.329 e. The lowest BCUT2D eigenvalue weighted by Crippen LogP contribution is -2.60. The molecule has 4 aliphatic rings. The molecule has 3 aliphatic heterocycles. The Morgan fingerprint density at radius 1 is 0.821 bits per heavy atom. The highest BCUT2D eigenvalue weighted by molar-refractivity contribution is 6.00. The molecule has 8 rings (SSSR count). The zero-order valence-corrected chi connectivity index (χ0v) is 37.9. The zero-order chi connectivity index (χ0) is 47.4. The van der Waals surface area contributed by atoms with Gasteiger partial charge in [0, 0.05) is 45.4 Å². The van der Waals surface area contributed by atoms with Crippen LogP contribution in [0, 0.1) is 5.92 Å². The summed E-state index contributed by atoms with van der Waals surface area (Å²) < 4.78 is 3.06. The van der Waals surface area contributed by atoms with Gasteiger partial charge in [0.25, 0.3) is 0 Å². The molecule has 1 aliphatic carbocycles. The summed E-state index contributed by atoms with van der Waals surface area (Å²) in [6.45, 7) is 0.437. The second kappa shape index (κ2) is 20.5. The number of nitrogens with zero attached hydrogens (tertiary/aromatic N) is 4. The van der Waals surface area contributed by atoms with E-state index in [0.717, 1.165) is 47.9 Å². The van der Waals surface area contributed by atoms with Crippen LogP contribution in [0.1, 0.15) is 118 Å². The van der Waals surface area contributed by atoms with E-state index >= 15 is 0 Å². The Morgan fingerprint density at radius 3 is 2.19 bits per heavy atom. The lowest BCUT2D eigenvalue weighted by Gasteiger charge is -2.38. The second-order valence-corrected chi connectivity index (χ2v) is 18.8. The number of nitrogens with two attached hydrogens (primary N) is 2. The van der Waals surface area contributed by atoms with Crippen molar-refractivity contribution in [3.05, 3.63) is 106 Å². The van der Waals surface area contributed by atoms with Crippen LogP contribution in [0.25, 0.3) is 11.0 Å². The van der Waals surface area contributed by atoms with Crippen molar-refractivity contribution in [2.24, 2.45) is 24.4 Å². The number of fused-ring (bicyclic) bond motifs is 2. The molecule has 1 aromatic heterocycles. The molecule has 5 atom stereocenters. The molecule has 4 aromatic rings. The van der Waals surface area contributed by atoms with E-state index in [0.29, 0.717) is 56.0 Å². The summed E-state index contributed by atoms with van der Waals surface area (Å²) in [7, 11) is 1.70. The molecule has 0 radical (unpaired) electrons. The highest BCUT2D eigenvalue weighted by atomic mass is 16.2. The largest absolute Gasteiger partial charge is 0.370 e. The van der Waals surface area contributed by atoms with Gasteiger partial charge in [0.1, 0.15) is 24.2 Å². The van der Waals surface area contributed by atoms with E-state index in [-0.39, 0.29) is 55.8 Å². The number of primary amides is 1. The fraction of sp³-hybridized carbons (Fsp3) is 0.480. The van der Waals surface area contributed by atoms with Gasteiger partial charge in [-0.3, -0.25) is 48.0 Å². The molecule has 17 heteroatoms. The van der Waals surface area contributed by atoms with Gasteiger partial charge in [-0.2, -0.15) is 0 Å². The van der Waals surface area contributed by atoms with Crippen LogP contribution in [0.3, 0.4) is 0 Å². The first-order valence-electron chi connectivity index (χ1n) is 23.7. The molecule has 354 valence electrons. The highest BCUT2D eigenvalue weighted by Gasteiger charge is 2.45. The molecule has 67 heavy (non-hydrogen) atoms. The summed E-state index contributed by atoms with van der Waals surface area (Å²) in [6, 6.07) is 20.3. The van der Waals surface area contributed by atoms with Crippen molar-refractivity contribution in [1.29, 1.82) is 0 Å². The Balaban J connectivity index is 0.811. The summed E-state index contributed by atoms with van der Waals surface area (Å²) in [5, 5.41) is 8.26. The predicted molar refractivity (Wildman–Crippen MR) is 249 cm³/mol. The SMILES string of the molecule is Cn1c(=O)n(C2CCC(=O)NC2=O)c2ccc(C3CC(CCCCC(=O)N4CC[C@H]5CC[C@@H](C(=O)N[C@@H](CCC(N)=O)C(=O)NC(c6ccccc6)c6ccccc6)N5C(=O)[C@@H](N)C4)C3)cc21. The van der Waals surface area contributed by atoms with Gasteiger partial charge in [-0.25, -0.2) is 4.79 Å². The van der Waals surface area contributed by atoms with Crippen LogP contribution in [0.4, 0.5) is 0 Å². The van der Waals surface area contributed by atoms with Crippen molar-refractivity contribution >= 4 is 52.4 Å². The molecule has 0 spiro atoms. The molecular weight excluding hydrogens is 855 g/mol. The zero-order valence-electron chi connectivity index (χ0n) is 37.9. The molecule has 1 saturated carbocycles. The Kier molecular flexibility index (Phi) is 14.3. The lowest BCUT2D eigenvalue weighted by atomic mass is 9.69. The number of aromatic nitrogens is 2. The van der Waals surface area contributed by atoms with Gasteiger partial charge in [0.15, 0.2) is 0 Å². The fourth-order valence-electron chi connectivity index (χ4n) is 10.6. The third-order valence-corrected chi connectivity index (χ3v) is 14.3. The quantitative estimate of drug-likeness (QED) is 0.0819. The Labute approximate surface area is 389 Å². The molecule has 7 N–H and O–H groups in total. The van der Waals surface area contributed by atoms with Gasteiger partial charge in [-0.1, -0.05) is 79.6 Å². The van der Waals surface area contributed by atoms with Crippen molar-refractivity contribution in [2.75, 3.05) is 13.1 Å². The number of benzene rings is 3. The molecule has 4 heterocycles. The third kappa shape index (κ3) is 10.4. The molecule has 3 saturated heterocycles. The number of hydrogen-bond acceptors (Lipinski definition) is 9. The van der Waals surface area contributed by atoms with Crippen molar-refractivity contribution in [3.63, 3.8) is 0 Å². The normalized spacial score (nSPS) is 23.5. The van der Waals surface area contributed by atoms with Crippen LogP contribution in [-0.2, 0) is 40.6 Å². The van der Waals surface area contributed by atoms with Crippen LogP contribution in [0.2, 0.25) is 0 Å². The molecular formula is C50H61N9O8. The Bertz CT molecular complexity index is 2530. The van der Waals surface area contributed by atoms with Gasteiger partial charge < -0.3 is 31.9 Å². The number of nitrogens with one attached hydrogen (secondary N) is 3. The van der Waals surface area contributed by atoms with E-state index in [4.69, 9.17) is 11.5 Å². The van der Waals surface area contributed by atoms with Gasteiger partial charge in [0.05, 0.1) is 17.1 Å². The molecule has 7 amide bonds. The van der Waals surface area contributed by atoms with Crippen molar-refractivity contribution < 1.29 is 33.6 Å². The molecule has 0 bridgehead atoms. The smallest absolute Gasteiger partial charge is 0.329 e. The predicted octanol–water partition coefficient (Wildman–Crippen LogP) is 2.95. The van der Waals surface area contributed by atoms with Crippen molar-refractivity contribution in [3.8, 4) is 0 Å². The fourth-order valence-corrected chi connectivity index (χ4v) is 10.6. The first-order chi connectivity index (χ1) is 32.3. The summed E-state index contributed by atoms with van der Waals surface area (Å²) in [4.78, 5) is 108. The Morgan fingerprint density at radius 2 is 1.52 bits per heavy atom. The summed E-state index contributed by atoms with van der Waals surface area (Å²) >= 11 is 0.